The minimum absolute atomic E-state index is 0.0312. The Bertz CT molecular complexity index is 509. The van der Waals surface area contributed by atoms with Crippen LogP contribution in [0.2, 0.25) is 0 Å². The molecule has 0 aliphatic carbocycles. The molecule has 0 unspecified atom stereocenters. The van der Waals surface area contributed by atoms with Crippen molar-refractivity contribution in [3.05, 3.63) is 17.5 Å². The average molecular weight is 333 g/mol. The Morgan fingerprint density at radius 3 is 2.50 bits per heavy atom. The number of nitrogens with zero attached hydrogens (tertiary/aromatic N) is 2. The summed E-state index contributed by atoms with van der Waals surface area (Å²) in [5.74, 6) is -1.00. The molecule has 0 saturated carbocycles. The lowest BCUT2D eigenvalue weighted by Crippen LogP contribution is -2.27. The second-order valence-corrected chi connectivity index (χ2v) is 4.34. The van der Waals surface area contributed by atoms with Crippen molar-refractivity contribution in [2.45, 2.75) is 18.8 Å². The van der Waals surface area contributed by atoms with E-state index in [1.165, 1.54) is 7.05 Å². The van der Waals surface area contributed by atoms with E-state index in [9.17, 15) is 31.1 Å². The molecule has 0 saturated heterocycles. The number of hydrogen-bond donors (Lipinski definition) is 1. The lowest BCUT2D eigenvalue weighted by Gasteiger charge is -2.09. The zero-order chi connectivity index (χ0) is 17.0. The predicted octanol–water partition coefficient (Wildman–Crippen LogP) is 2.14. The van der Waals surface area contributed by atoms with Crippen LogP contribution in [0.1, 0.15) is 22.5 Å². The first-order valence-corrected chi connectivity index (χ1v) is 6.04. The van der Waals surface area contributed by atoms with Gasteiger partial charge in [0.2, 0.25) is 0 Å². The standard InChI is InChI=1S/C11H13F6N3O2/c1-20-5-7(8(19-20)11(15,16)17)9(21)18-3-2-4-22-6-10(12,13)14/h5H,2-4,6H2,1H3,(H,18,21). The maximum atomic E-state index is 12.6. The van der Waals surface area contributed by atoms with E-state index < -0.39 is 36.1 Å². The van der Waals surface area contributed by atoms with Crippen LogP contribution >= 0.6 is 0 Å². The molecule has 0 bridgehead atoms. The maximum Gasteiger partial charge on any atom is 0.435 e. The van der Waals surface area contributed by atoms with Crippen molar-refractivity contribution in [2.75, 3.05) is 19.8 Å². The van der Waals surface area contributed by atoms with Crippen LogP contribution in [0.25, 0.3) is 0 Å². The van der Waals surface area contributed by atoms with Gasteiger partial charge in [0.1, 0.15) is 6.61 Å². The van der Waals surface area contributed by atoms with Crippen LogP contribution in [0.3, 0.4) is 0 Å². The molecule has 1 amide bonds. The Balaban J connectivity index is 2.44. The molecule has 0 spiro atoms. The maximum absolute atomic E-state index is 12.6. The van der Waals surface area contributed by atoms with Gasteiger partial charge in [0, 0.05) is 26.4 Å². The highest BCUT2D eigenvalue weighted by molar-refractivity contribution is 5.95. The number of ether oxygens (including phenoxy) is 1. The van der Waals surface area contributed by atoms with Gasteiger partial charge in [-0.05, 0) is 6.42 Å². The predicted molar refractivity (Wildman–Crippen MR) is 62.0 cm³/mol. The first-order valence-electron chi connectivity index (χ1n) is 6.04. The van der Waals surface area contributed by atoms with Crippen LogP contribution < -0.4 is 5.32 Å². The van der Waals surface area contributed by atoms with Crippen molar-refractivity contribution in [1.29, 1.82) is 0 Å². The van der Waals surface area contributed by atoms with Gasteiger partial charge in [0.15, 0.2) is 5.69 Å². The van der Waals surface area contributed by atoms with Gasteiger partial charge in [-0.3, -0.25) is 9.48 Å². The number of hydrogen-bond acceptors (Lipinski definition) is 3. The van der Waals surface area contributed by atoms with Crippen molar-refractivity contribution in [1.82, 2.24) is 15.1 Å². The fourth-order valence-electron chi connectivity index (χ4n) is 1.52. The molecule has 1 aromatic heterocycles. The third-order valence-corrected chi connectivity index (χ3v) is 2.36. The van der Waals surface area contributed by atoms with E-state index in [2.05, 4.69) is 15.2 Å². The summed E-state index contributed by atoms with van der Waals surface area (Å²) in [5.41, 5.74) is -1.97. The Morgan fingerprint density at radius 1 is 1.32 bits per heavy atom. The molecule has 1 rings (SSSR count). The number of aromatic nitrogens is 2. The third kappa shape index (κ3) is 5.92. The fraction of sp³-hybridized carbons (Fsp3) is 0.636. The summed E-state index contributed by atoms with van der Waals surface area (Å²) < 4.78 is 78.4. The van der Waals surface area contributed by atoms with Crippen molar-refractivity contribution in [3.8, 4) is 0 Å². The van der Waals surface area contributed by atoms with Gasteiger partial charge in [-0.1, -0.05) is 0 Å². The minimum atomic E-state index is -4.77. The highest BCUT2D eigenvalue weighted by atomic mass is 19.4. The molecular weight excluding hydrogens is 320 g/mol. The number of nitrogens with one attached hydrogen (secondary N) is 1. The normalized spacial score (nSPS) is 12.5. The van der Waals surface area contributed by atoms with Crippen molar-refractivity contribution in [3.63, 3.8) is 0 Å². The van der Waals surface area contributed by atoms with Crippen LogP contribution in [0.4, 0.5) is 26.3 Å². The van der Waals surface area contributed by atoms with Crippen molar-refractivity contribution < 1.29 is 35.9 Å². The zero-order valence-corrected chi connectivity index (χ0v) is 11.4. The molecule has 5 nitrogen and oxygen atoms in total. The quantitative estimate of drug-likeness (QED) is 0.641. The molecule has 126 valence electrons. The van der Waals surface area contributed by atoms with Crippen molar-refractivity contribution >= 4 is 5.91 Å². The first kappa shape index (κ1) is 18.3. The summed E-state index contributed by atoms with van der Waals surface area (Å²) >= 11 is 0. The summed E-state index contributed by atoms with van der Waals surface area (Å²) in [4.78, 5) is 11.6. The Kier molecular flexibility index (Phi) is 5.80. The molecule has 11 heteroatoms. The van der Waals surface area contributed by atoms with Crippen LogP contribution in [0.5, 0.6) is 0 Å². The van der Waals surface area contributed by atoms with Crippen LogP contribution in [-0.2, 0) is 18.0 Å². The monoisotopic (exact) mass is 333 g/mol. The average Bonchev–Trinajstić information content (AvgIpc) is 2.74. The molecule has 22 heavy (non-hydrogen) atoms. The molecule has 1 N–H and O–H groups in total. The smallest absolute Gasteiger partial charge is 0.372 e. The summed E-state index contributed by atoms with van der Waals surface area (Å²) in [6, 6.07) is 0. The summed E-state index contributed by atoms with van der Waals surface area (Å²) in [7, 11) is 1.23. The summed E-state index contributed by atoms with van der Waals surface area (Å²) in [6.45, 7) is -1.82. The van der Waals surface area contributed by atoms with Gasteiger partial charge in [-0.15, -0.1) is 0 Å². The minimum Gasteiger partial charge on any atom is -0.372 e. The highest BCUT2D eigenvalue weighted by Gasteiger charge is 2.38. The van der Waals surface area contributed by atoms with Crippen LogP contribution in [-0.4, -0.2) is 41.6 Å². The summed E-state index contributed by atoms with van der Waals surface area (Å²) in [5, 5.41) is 5.34. The van der Waals surface area contributed by atoms with Crippen LogP contribution in [0.15, 0.2) is 6.20 Å². The molecule has 1 aromatic rings. The molecule has 0 aromatic carbocycles. The van der Waals surface area contributed by atoms with E-state index in [-0.39, 0.29) is 19.6 Å². The number of halogens is 6. The lowest BCUT2D eigenvalue weighted by molar-refractivity contribution is -0.173. The molecule has 0 atom stereocenters. The van der Waals surface area contributed by atoms with E-state index >= 15 is 0 Å². The van der Waals surface area contributed by atoms with E-state index in [1.54, 1.807) is 0 Å². The molecule has 0 radical (unpaired) electrons. The summed E-state index contributed by atoms with van der Waals surface area (Å²) in [6.07, 6.45) is -8.27. The number of aryl methyl sites for hydroxylation is 1. The van der Waals surface area contributed by atoms with Gasteiger partial charge < -0.3 is 10.1 Å². The molecule has 1 heterocycles. The second-order valence-electron chi connectivity index (χ2n) is 4.34. The third-order valence-electron chi connectivity index (χ3n) is 2.36. The number of amides is 1. The van der Waals surface area contributed by atoms with Gasteiger partial charge in [-0.2, -0.15) is 31.4 Å². The first-order chi connectivity index (χ1) is 10.0. The van der Waals surface area contributed by atoms with E-state index in [0.29, 0.717) is 0 Å². The van der Waals surface area contributed by atoms with E-state index in [1.807, 2.05) is 0 Å². The second kappa shape index (κ2) is 6.99. The molecular formula is C11H13F6N3O2. The Labute approximate surface area is 121 Å². The topological polar surface area (TPSA) is 56.2 Å². The van der Waals surface area contributed by atoms with Gasteiger partial charge in [-0.25, -0.2) is 0 Å². The highest BCUT2D eigenvalue weighted by Crippen LogP contribution is 2.30. The van der Waals surface area contributed by atoms with Gasteiger partial charge in [0.25, 0.3) is 5.91 Å². The van der Waals surface area contributed by atoms with E-state index in [4.69, 9.17) is 0 Å². The van der Waals surface area contributed by atoms with Crippen LogP contribution in [0, 0.1) is 0 Å². The number of carbonyl (C=O) groups is 1. The zero-order valence-electron chi connectivity index (χ0n) is 11.4. The Morgan fingerprint density at radius 2 is 1.95 bits per heavy atom. The SMILES string of the molecule is Cn1cc(C(=O)NCCCOCC(F)(F)F)c(C(F)(F)F)n1. The number of carbonyl (C=O) groups excluding carboxylic acids is 1. The van der Waals surface area contributed by atoms with Gasteiger partial charge >= 0.3 is 12.4 Å². The largest absolute Gasteiger partial charge is 0.435 e. The lowest BCUT2D eigenvalue weighted by atomic mass is 10.2. The number of alkyl halides is 6. The van der Waals surface area contributed by atoms with Crippen molar-refractivity contribution in [2.24, 2.45) is 7.05 Å². The molecule has 0 fully saturated rings. The van der Waals surface area contributed by atoms with E-state index in [0.717, 1.165) is 10.9 Å². The van der Waals surface area contributed by atoms with Gasteiger partial charge in [0.05, 0.1) is 5.56 Å². The Hall–Kier alpha value is -1.78. The molecule has 0 aliphatic rings. The molecule has 0 aliphatic heterocycles. The number of rotatable bonds is 6. The fourth-order valence-corrected chi connectivity index (χ4v) is 1.52.